The van der Waals surface area contributed by atoms with Crippen molar-refractivity contribution in [3.8, 4) is 0 Å². The molecule has 0 saturated carbocycles. The number of guanidine groups is 1. The number of nitrogens with one attached hydrogen (secondary N) is 2. The van der Waals surface area contributed by atoms with Gasteiger partial charge in [0.15, 0.2) is 5.96 Å². The fraction of sp³-hybridized carbons (Fsp3) is 0.611. The highest BCUT2D eigenvalue weighted by Gasteiger charge is 2.09. The highest BCUT2D eigenvalue weighted by atomic mass is 127. The number of nitrogens with zero attached hydrogens (tertiary/aromatic N) is 2. The normalized spacial score (nSPS) is 15.7. The molecule has 0 spiro atoms. The van der Waals surface area contributed by atoms with E-state index in [-0.39, 0.29) is 24.0 Å². The minimum atomic E-state index is 0. The van der Waals surface area contributed by atoms with Crippen LogP contribution in [0.5, 0.6) is 0 Å². The van der Waals surface area contributed by atoms with Gasteiger partial charge in [0.2, 0.25) is 0 Å². The molecular weight excluding hydrogens is 415 g/mol. The number of hydrogen-bond acceptors (Lipinski definition) is 3. The predicted molar refractivity (Wildman–Crippen MR) is 111 cm³/mol. The van der Waals surface area contributed by atoms with Gasteiger partial charge in [-0.1, -0.05) is 29.8 Å². The first-order chi connectivity index (χ1) is 11.3. The number of aryl methyl sites for hydroxylation is 1. The molecule has 5 nitrogen and oxygen atoms in total. The molecule has 136 valence electrons. The van der Waals surface area contributed by atoms with Gasteiger partial charge < -0.3 is 15.4 Å². The first-order valence-corrected chi connectivity index (χ1v) is 8.66. The summed E-state index contributed by atoms with van der Waals surface area (Å²) in [5.41, 5.74) is 2.52. The number of morpholine rings is 1. The summed E-state index contributed by atoms with van der Waals surface area (Å²) in [5.74, 6) is 0.898. The van der Waals surface area contributed by atoms with Crippen molar-refractivity contribution in [2.75, 3.05) is 45.9 Å². The lowest BCUT2D eigenvalue weighted by molar-refractivity contribution is 0.0376. The Morgan fingerprint density at radius 3 is 2.54 bits per heavy atom. The number of hydrogen-bond donors (Lipinski definition) is 2. The molecule has 0 atom stereocenters. The first-order valence-electron chi connectivity index (χ1n) is 8.66. The minimum Gasteiger partial charge on any atom is -0.379 e. The highest BCUT2D eigenvalue weighted by molar-refractivity contribution is 14.0. The second-order valence-electron chi connectivity index (χ2n) is 5.92. The van der Waals surface area contributed by atoms with E-state index in [0.717, 1.165) is 58.3 Å². The highest BCUT2D eigenvalue weighted by Crippen LogP contribution is 2.04. The van der Waals surface area contributed by atoms with Crippen molar-refractivity contribution in [1.29, 1.82) is 0 Å². The van der Waals surface area contributed by atoms with Gasteiger partial charge in [0.1, 0.15) is 0 Å². The lowest BCUT2D eigenvalue weighted by Crippen LogP contribution is -2.40. The Morgan fingerprint density at radius 1 is 1.17 bits per heavy atom. The smallest absolute Gasteiger partial charge is 0.191 e. The second kappa shape index (κ2) is 12.5. The molecule has 1 saturated heterocycles. The molecule has 0 bridgehead atoms. The quantitative estimate of drug-likeness (QED) is 0.292. The van der Waals surface area contributed by atoms with E-state index in [1.54, 1.807) is 0 Å². The maximum atomic E-state index is 5.37. The maximum absolute atomic E-state index is 5.37. The summed E-state index contributed by atoms with van der Waals surface area (Å²) in [6, 6.07) is 8.54. The van der Waals surface area contributed by atoms with E-state index in [2.05, 4.69) is 58.6 Å². The van der Waals surface area contributed by atoms with Crippen LogP contribution in [-0.2, 0) is 11.3 Å². The summed E-state index contributed by atoms with van der Waals surface area (Å²) >= 11 is 0. The van der Waals surface area contributed by atoms with E-state index in [9.17, 15) is 0 Å². The zero-order valence-electron chi connectivity index (χ0n) is 14.9. The number of benzene rings is 1. The number of aliphatic imine (C=N–C) groups is 1. The summed E-state index contributed by atoms with van der Waals surface area (Å²) < 4.78 is 5.37. The monoisotopic (exact) mass is 446 g/mol. The summed E-state index contributed by atoms with van der Waals surface area (Å²) in [6.07, 6.45) is 1.12. The van der Waals surface area contributed by atoms with Gasteiger partial charge in [-0.05, 0) is 32.4 Å². The van der Waals surface area contributed by atoms with Gasteiger partial charge in [0.05, 0.1) is 19.8 Å². The molecule has 0 unspecified atom stereocenters. The number of halogens is 1. The standard InChI is InChI=1S/C18H30N4O.HI/c1-3-19-18(21-15-17-7-5-16(2)6-8-17)20-9-4-10-22-11-13-23-14-12-22;/h5-8H,3-4,9-15H2,1-2H3,(H2,19,20,21);1H. The van der Waals surface area contributed by atoms with Gasteiger partial charge >= 0.3 is 0 Å². The Balaban J connectivity index is 0.00000288. The van der Waals surface area contributed by atoms with Crippen molar-refractivity contribution < 1.29 is 4.74 Å². The van der Waals surface area contributed by atoms with Crippen LogP contribution in [0.2, 0.25) is 0 Å². The van der Waals surface area contributed by atoms with Crippen molar-refractivity contribution >= 4 is 29.9 Å². The Labute approximate surface area is 163 Å². The fourth-order valence-corrected chi connectivity index (χ4v) is 2.54. The van der Waals surface area contributed by atoms with Crippen LogP contribution >= 0.6 is 24.0 Å². The van der Waals surface area contributed by atoms with Crippen LogP contribution in [0, 0.1) is 6.92 Å². The fourth-order valence-electron chi connectivity index (χ4n) is 2.54. The van der Waals surface area contributed by atoms with E-state index in [1.165, 1.54) is 11.1 Å². The molecule has 1 aliphatic rings. The SMILES string of the molecule is CCNC(=NCc1ccc(C)cc1)NCCCN1CCOCC1.I. The van der Waals surface area contributed by atoms with Crippen LogP contribution in [0.4, 0.5) is 0 Å². The van der Waals surface area contributed by atoms with Gasteiger partial charge in [-0.25, -0.2) is 4.99 Å². The maximum Gasteiger partial charge on any atom is 0.191 e. The third kappa shape index (κ3) is 8.30. The molecule has 6 heteroatoms. The van der Waals surface area contributed by atoms with Crippen LogP contribution in [0.3, 0.4) is 0 Å². The van der Waals surface area contributed by atoms with E-state index < -0.39 is 0 Å². The molecule has 1 aromatic carbocycles. The van der Waals surface area contributed by atoms with Crippen molar-refractivity contribution in [2.24, 2.45) is 4.99 Å². The second-order valence-corrected chi connectivity index (χ2v) is 5.92. The third-order valence-electron chi connectivity index (χ3n) is 3.93. The summed E-state index contributed by atoms with van der Waals surface area (Å²) in [5, 5.41) is 6.73. The van der Waals surface area contributed by atoms with Crippen LogP contribution < -0.4 is 10.6 Å². The summed E-state index contributed by atoms with van der Waals surface area (Å²) in [6.45, 7) is 11.7. The van der Waals surface area contributed by atoms with Crippen molar-refractivity contribution in [1.82, 2.24) is 15.5 Å². The topological polar surface area (TPSA) is 48.9 Å². The lowest BCUT2D eigenvalue weighted by Gasteiger charge is -2.26. The average molecular weight is 446 g/mol. The Hall–Kier alpha value is -0.860. The van der Waals surface area contributed by atoms with Crippen LogP contribution in [0.25, 0.3) is 0 Å². The molecule has 24 heavy (non-hydrogen) atoms. The van der Waals surface area contributed by atoms with Crippen molar-refractivity contribution in [3.63, 3.8) is 0 Å². The number of rotatable bonds is 7. The first kappa shape index (κ1) is 21.2. The molecular formula is C18H31IN4O. The Bertz CT molecular complexity index is 472. The molecule has 1 aliphatic heterocycles. The van der Waals surface area contributed by atoms with Crippen molar-refractivity contribution in [3.05, 3.63) is 35.4 Å². The average Bonchev–Trinajstić information content (AvgIpc) is 2.59. The van der Waals surface area contributed by atoms with Gasteiger partial charge in [-0.2, -0.15) is 0 Å². The third-order valence-corrected chi connectivity index (χ3v) is 3.93. The predicted octanol–water partition coefficient (Wildman–Crippen LogP) is 2.39. The van der Waals surface area contributed by atoms with Crippen LogP contribution in [0.15, 0.2) is 29.3 Å². The Morgan fingerprint density at radius 2 is 1.88 bits per heavy atom. The minimum absolute atomic E-state index is 0. The van der Waals surface area contributed by atoms with E-state index in [1.807, 2.05) is 0 Å². The molecule has 1 aromatic rings. The van der Waals surface area contributed by atoms with Crippen LogP contribution in [0.1, 0.15) is 24.5 Å². The van der Waals surface area contributed by atoms with E-state index in [0.29, 0.717) is 6.54 Å². The summed E-state index contributed by atoms with van der Waals surface area (Å²) in [4.78, 5) is 7.12. The van der Waals surface area contributed by atoms with Gasteiger partial charge in [0.25, 0.3) is 0 Å². The zero-order valence-corrected chi connectivity index (χ0v) is 17.2. The van der Waals surface area contributed by atoms with Gasteiger partial charge in [-0.15, -0.1) is 24.0 Å². The molecule has 2 rings (SSSR count). The molecule has 0 aliphatic carbocycles. The zero-order chi connectivity index (χ0) is 16.3. The van der Waals surface area contributed by atoms with Crippen LogP contribution in [-0.4, -0.2) is 56.8 Å². The molecule has 2 N–H and O–H groups in total. The Kier molecular flexibility index (Phi) is 11.0. The van der Waals surface area contributed by atoms with Gasteiger partial charge in [0, 0.05) is 26.2 Å². The molecule has 0 radical (unpaired) electrons. The summed E-state index contributed by atoms with van der Waals surface area (Å²) in [7, 11) is 0. The molecule has 1 heterocycles. The van der Waals surface area contributed by atoms with Crippen molar-refractivity contribution in [2.45, 2.75) is 26.8 Å². The largest absolute Gasteiger partial charge is 0.379 e. The molecule has 0 aromatic heterocycles. The molecule has 1 fully saturated rings. The lowest BCUT2D eigenvalue weighted by atomic mass is 10.1. The molecule has 0 amide bonds. The van der Waals surface area contributed by atoms with E-state index >= 15 is 0 Å². The van der Waals surface area contributed by atoms with E-state index in [4.69, 9.17) is 4.74 Å². The van der Waals surface area contributed by atoms with Gasteiger partial charge in [-0.3, -0.25) is 4.90 Å². The number of ether oxygens (including phenoxy) is 1.